The van der Waals surface area contributed by atoms with Crippen LogP contribution in [0.2, 0.25) is 0 Å². The first-order valence-corrected chi connectivity index (χ1v) is 10.9. The van der Waals surface area contributed by atoms with Crippen molar-refractivity contribution >= 4 is 11.6 Å². The Morgan fingerprint density at radius 1 is 1.15 bits per heavy atom. The lowest BCUT2D eigenvalue weighted by molar-refractivity contribution is 0.0943. The number of aromatic hydroxyl groups is 1. The van der Waals surface area contributed by atoms with Gasteiger partial charge in [0.25, 0.3) is 5.91 Å². The van der Waals surface area contributed by atoms with Crippen molar-refractivity contribution in [3.05, 3.63) is 77.6 Å². The maximum atomic E-state index is 13.7. The fourth-order valence-corrected chi connectivity index (χ4v) is 3.19. The first kappa shape index (κ1) is 23.8. The lowest BCUT2D eigenvalue weighted by atomic mass is 10.1. The van der Waals surface area contributed by atoms with Crippen LogP contribution in [0.5, 0.6) is 5.75 Å². The predicted molar refractivity (Wildman–Crippen MR) is 126 cm³/mol. The highest BCUT2D eigenvalue weighted by atomic mass is 19.1. The van der Waals surface area contributed by atoms with Gasteiger partial charge in [-0.25, -0.2) is 13.9 Å². The van der Waals surface area contributed by atoms with Gasteiger partial charge in [-0.05, 0) is 35.7 Å². The van der Waals surface area contributed by atoms with Crippen molar-refractivity contribution in [3.63, 3.8) is 0 Å². The van der Waals surface area contributed by atoms with Crippen LogP contribution in [-0.4, -0.2) is 30.6 Å². The van der Waals surface area contributed by atoms with Crippen molar-refractivity contribution in [2.45, 2.75) is 46.6 Å². The van der Waals surface area contributed by atoms with Crippen LogP contribution in [0, 0.1) is 5.82 Å². The van der Waals surface area contributed by atoms with Gasteiger partial charge in [-0.15, -0.1) is 0 Å². The lowest BCUT2D eigenvalue weighted by Crippen LogP contribution is -2.25. The van der Waals surface area contributed by atoms with Gasteiger partial charge < -0.3 is 10.4 Å². The Balaban J connectivity index is 0.000000968. The highest BCUT2D eigenvalue weighted by molar-refractivity contribution is 5.94. The van der Waals surface area contributed by atoms with Crippen molar-refractivity contribution in [2.24, 2.45) is 0 Å². The van der Waals surface area contributed by atoms with Crippen LogP contribution in [-0.2, 0) is 6.54 Å². The number of benzene rings is 1. The molecule has 0 saturated heterocycles. The number of hydrogen-bond acceptors (Lipinski definition) is 5. The minimum absolute atomic E-state index is 0.127. The third-order valence-corrected chi connectivity index (χ3v) is 4.72. The van der Waals surface area contributed by atoms with Crippen LogP contribution in [0.1, 0.15) is 61.6 Å². The maximum Gasteiger partial charge on any atom is 0.270 e. The van der Waals surface area contributed by atoms with Crippen LogP contribution >= 0.6 is 0 Å². The second kappa shape index (κ2) is 10.7. The van der Waals surface area contributed by atoms with Gasteiger partial charge in [0, 0.05) is 23.9 Å². The van der Waals surface area contributed by atoms with E-state index in [1.54, 1.807) is 36.5 Å². The van der Waals surface area contributed by atoms with E-state index in [1.165, 1.54) is 23.2 Å². The van der Waals surface area contributed by atoms with Crippen LogP contribution in [0.3, 0.4) is 0 Å². The molecule has 33 heavy (non-hydrogen) atoms. The number of hydrogen-bond donors (Lipinski definition) is 2. The van der Waals surface area contributed by atoms with Crippen molar-refractivity contribution in [2.75, 3.05) is 0 Å². The summed E-state index contributed by atoms with van der Waals surface area (Å²) >= 11 is 0. The summed E-state index contributed by atoms with van der Waals surface area (Å²) < 4.78 is 15.2. The molecule has 4 rings (SSSR count). The first-order valence-electron chi connectivity index (χ1n) is 10.9. The first-order chi connectivity index (χ1) is 15.8. The maximum absolute atomic E-state index is 13.7. The van der Waals surface area contributed by atoms with Crippen LogP contribution in [0.4, 0.5) is 4.39 Å². The number of nitrogens with zero attached hydrogens (tertiary/aromatic N) is 4. The Hall–Kier alpha value is -3.81. The molecule has 0 saturated carbocycles. The van der Waals surface area contributed by atoms with Crippen molar-refractivity contribution < 1.29 is 14.3 Å². The van der Waals surface area contributed by atoms with Crippen molar-refractivity contribution in [3.8, 4) is 17.0 Å². The molecular weight excluding hydrogens is 421 g/mol. The number of fused-ring (bicyclic) bond motifs is 1. The monoisotopic (exact) mass is 449 g/mol. The molecule has 3 aromatic heterocycles. The average Bonchev–Trinajstić information content (AvgIpc) is 3.22. The molecule has 2 N–H and O–H groups in total. The SMILES string of the molecule is CC(C)c1cnn2c(C(=O)NCc3cccc(O)c3)cc(-c3cncc(F)c3)nc12.CCC. The summed E-state index contributed by atoms with van der Waals surface area (Å²) in [6.45, 7) is 8.50. The zero-order valence-corrected chi connectivity index (χ0v) is 19.2. The third-order valence-electron chi connectivity index (χ3n) is 4.72. The topological polar surface area (TPSA) is 92.4 Å². The molecular formula is C25H28FN5O2. The number of rotatable bonds is 5. The van der Waals surface area contributed by atoms with Gasteiger partial charge >= 0.3 is 0 Å². The standard InChI is InChI=1S/C22H20FN5O2.C3H8/c1-13(2)18-12-26-28-20(22(30)25-9-14-4-3-5-17(29)6-14)8-19(27-21(18)28)15-7-16(23)11-24-10-15;1-3-2/h3-8,10-13,29H,9H2,1-2H3,(H,25,30);3H2,1-2H3. The number of phenolic OH excluding ortho intramolecular Hbond substituents is 1. The van der Waals surface area contributed by atoms with Gasteiger partial charge in [0.1, 0.15) is 17.3 Å². The summed E-state index contributed by atoms with van der Waals surface area (Å²) in [5.41, 5.74) is 3.34. The molecule has 7 nitrogen and oxygen atoms in total. The van der Waals surface area contributed by atoms with Crippen LogP contribution in [0.25, 0.3) is 16.9 Å². The summed E-state index contributed by atoms with van der Waals surface area (Å²) in [7, 11) is 0. The second-order valence-corrected chi connectivity index (χ2v) is 7.97. The number of aromatic nitrogens is 4. The van der Waals surface area contributed by atoms with E-state index >= 15 is 0 Å². The summed E-state index contributed by atoms with van der Waals surface area (Å²) in [6.07, 6.45) is 5.55. The lowest BCUT2D eigenvalue weighted by Gasteiger charge is -2.11. The minimum atomic E-state index is -0.485. The number of pyridine rings is 1. The Morgan fingerprint density at radius 2 is 1.91 bits per heavy atom. The quantitative estimate of drug-likeness (QED) is 0.442. The second-order valence-electron chi connectivity index (χ2n) is 7.97. The smallest absolute Gasteiger partial charge is 0.270 e. The molecule has 1 aromatic carbocycles. The van der Waals surface area contributed by atoms with E-state index in [0.717, 1.165) is 17.3 Å². The van der Waals surface area contributed by atoms with E-state index in [0.29, 0.717) is 16.9 Å². The Morgan fingerprint density at radius 3 is 2.58 bits per heavy atom. The fraction of sp³-hybridized carbons (Fsp3) is 0.280. The zero-order chi connectivity index (χ0) is 24.0. The molecule has 8 heteroatoms. The summed E-state index contributed by atoms with van der Waals surface area (Å²) in [4.78, 5) is 21.5. The minimum Gasteiger partial charge on any atom is -0.508 e. The molecule has 3 heterocycles. The zero-order valence-electron chi connectivity index (χ0n) is 19.2. The number of phenols is 1. The summed E-state index contributed by atoms with van der Waals surface area (Å²) in [5.74, 6) is -0.585. The van der Waals surface area contributed by atoms with E-state index in [2.05, 4.69) is 34.2 Å². The van der Waals surface area contributed by atoms with Crippen molar-refractivity contribution in [1.82, 2.24) is 24.9 Å². The van der Waals surface area contributed by atoms with Gasteiger partial charge in [0.2, 0.25) is 0 Å². The number of carbonyl (C=O) groups is 1. The molecule has 0 aliphatic heterocycles. The number of nitrogens with one attached hydrogen (secondary N) is 1. The summed E-state index contributed by atoms with van der Waals surface area (Å²) in [6, 6.07) is 9.55. The van der Waals surface area contributed by atoms with Crippen LogP contribution in [0.15, 0.2) is 55.0 Å². The Labute approximate surface area is 192 Å². The molecule has 0 aliphatic carbocycles. The average molecular weight is 450 g/mol. The molecule has 0 unspecified atom stereocenters. The van der Waals surface area contributed by atoms with Gasteiger partial charge in [0.05, 0.1) is 18.1 Å². The third kappa shape index (κ3) is 5.71. The molecule has 1 amide bonds. The highest BCUT2D eigenvalue weighted by Crippen LogP contribution is 2.25. The van der Waals surface area contributed by atoms with Gasteiger partial charge in [-0.2, -0.15) is 5.10 Å². The van der Waals surface area contributed by atoms with Crippen LogP contribution < -0.4 is 5.32 Å². The van der Waals surface area contributed by atoms with E-state index in [9.17, 15) is 14.3 Å². The number of carbonyl (C=O) groups excluding carboxylic acids is 1. The number of amides is 1. The Kier molecular flexibility index (Phi) is 7.71. The molecule has 172 valence electrons. The molecule has 0 fully saturated rings. The van der Waals surface area contributed by atoms with E-state index in [1.807, 2.05) is 13.8 Å². The molecule has 4 aromatic rings. The van der Waals surface area contributed by atoms with Gasteiger partial charge in [-0.1, -0.05) is 46.2 Å². The largest absolute Gasteiger partial charge is 0.508 e. The molecule has 0 bridgehead atoms. The van der Waals surface area contributed by atoms with Gasteiger partial charge in [-0.3, -0.25) is 9.78 Å². The highest BCUT2D eigenvalue weighted by Gasteiger charge is 2.19. The van der Waals surface area contributed by atoms with Gasteiger partial charge in [0.15, 0.2) is 5.65 Å². The molecule has 0 radical (unpaired) electrons. The predicted octanol–water partition coefficient (Wildman–Crippen LogP) is 5.11. The molecule has 0 aliphatic rings. The van der Waals surface area contributed by atoms with E-state index in [-0.39, 0.29) is 29.8 Å². The van der Waals surface area contributed by atoms with E-state index < -0.39 is 5.82 Å². The molecule has 0 atom stereocenters. The Bertz CT molecular complexity index is 1250. The van der Waals surface area contributed by atoms with Crippen molar-refractivity contribution in [1.29, 1.82) is 0 Å². The summed E-state index contributed by atoms with van der Waals surface area (Å²) in [5, 5.41) is 16.8. The molecule has 0 spiro atoms. The fourth-order valence-electron chi connectivity index (χ4n) is 3.19. The van der Waals surface area contributed by atoms with E-state index in [4.69, 9.17) is 0 Å². The normalized spacial score (nSPS) is 10.7. The number of halogens is 1.